The molecule has 4 heteroatoms. The fourth-order valence-electron chi connectivity index (χ4n) is 0.581. The Kier molecular flexibility index (Phi) is 2.24. The average Bonchev–Trinajstić information content (AvgIpc) is 1.85. The minimum absolute atomic E-state index is 0.164. The highest BCUT2D eigenvalue weighted by Gasteiger charge is 1.98. The standard InChI is InChI=1S/C6H4F2OS/c7-4-1-5(8)3-6(2-4)10-9/h1-3,9H. The third-order valence-electron chi connectivity index (χ3n) is 0.941. The quantitative estimate of drug-likeness (QED) is 0.640. The van der Waals surface area contributed by atoms with Crippen LogP contribution in [0.2, 0.25) is 0 Å². The van der Waals surface area contributed by atoms with Gasteiger partial charge in [-0.2, -0.15) is 0 Å². The molecule has 0 unspecified atom stereocenters. The van der Waals surface area contributed by atoms with Gasteiger partial charge >= 0.3 is 0 Å². The van der Waals surface area contributed by atoms with E-state index in [4.69, 9.17) is 4.55 Å². The lowest BCUT2D eigenvalue weighted by Crippen LogP contribution is -1.79. The van der Waals surface area contributed by atoms with Crippen LogP contribution in [0.4, 0.5) is 8.78 Å². The first kappa shape index (κ1) is 7.50. The molecule has 0 bridgehead atoms. The molecule has 0 atom stereocenters. The maximum atomic E-state index is 12.3. The molecule has 0 amide bonds. The van der Waals surface area contributed by atoms with Crippen molar-refractivity contribution < 1.29 is 13.3 Å². The van der Waals surface area contributed by atoms with E-state index in [1.165, 1.54) is 0 Å². The van der Waals surface area contributed by atoms with Gasteiger partial charge < -0.3 is 4.55 Å². The van der Waals surface area contributed by atoms with Crippen molar-refractivity contribution >= 4 is 12.0 Å². The second kappa shape index (κ2) is 2.98. The van der Waals surface area contributed by atoms with Gasteiger partial charge in [0, 0.05) is 23.0 Å². The van der Waals surface area contributed by atoms with Crippen LogP contribution in [0.5, 0.6) is 0 Å². The lowest BCUT2D eigenvalue weighted by atomic mass is 10.3. The summed E-state index contributed by atoms with van der Waals surface area (Å²) in [6, 6.07) is 2.85. The highest BCUT2D eigenvalue weighted by molar-refractivity contribution is 7.93. The van der Waals surface area contributed by atoms with Crippen molar-refractivity contribution in [3.05, 3.63) is 29.8 Å². The smallest absolute Gasteiger partial charge is 0.127 e. The topological polar surface area (TPSA) is 20.2 Å². The van der Waals surface area contributed by atoms with Crippen molar-refractivity contribution in [2.45, 2.75) is 4.90 Å². The van der Waals surface area contributed by atoms with Crippen LogP contribution in [0.1, 0.15) is 0 Å². The molecule has 1 nitrogen and oxygen atoms in total. The first-order valence-electron chi connectivity index (χ1n) is 2.50. The van der Waals surface area contributed by atoms with Crippen LogP contribution in [0.3, 0.4) is 0 Å². The van der Waals surface area contributed by atoms with Gasteiger partial charge in [-0.3, -0.25) is 0 Å². The summed E-state index contributed by atoms with van der Waals surface area (Å²) in [7, 11) is 0. The molecule has 0 fully saturated rings. The SMILES string of the molecule is OSc1cc(F)cc(F)c1. The van der Waals surface area contributed by atoms with Crippen LogP contribution >= 0.6 is 12.0 Å². The maximum absolute atomic E-state index is 12.3. The van der Waals surface area contributed by atoms with Crippen molar-refractivity contribution in [2.24, 2.45) is 0 Å². The minimum Gasteiger partial charge on any atom is -0.325 e. The van der Waals surface area contributed by atoms with Gasteiger partial charge in [-0.15, -0.1) is 0 Å². The Morgan fingerprint density at radius 1 is 1.10 bits per heavy atom. The lowest BCUT2D eigenvalue weighted by molar-refractivity contribution is 0.575. The number of halogens is 2. The summed E-state index contributed by atoms with van der Waals surface area (Å²) in [6.07, 6.45) is 0. The molecular weight excluding hydrogens is 158 g/mol. The molecule has 0 saturated heterocycles. The highest BCUT2D eigenvalue weighted by Crippen LogP contribution is 2.16. The van der Waals surface area contributed by atoms with E-state index < -0.39 is 11.6 Å². The summed E-state index contributed by atoms with van der Waals surface area (Å²) in [5.74, 6) is -1.37. The average molecular weight is 162 g/mol. The number of hydrogen-bond acceptors (Lipinski definition) is 2. The molecule has 1 aromatic carbocycles. The predicted octanol–water partition coefficient (Wildman–Crippen LogP) is 2.53. The van der Waals surface area contributed by atoms with Gasteiger partial charge in [-0.05, 0) is 12.1 Å². The van der Waals surface area contributed by atoms with Gasteiger partial charge in [0.2, 0.25) is 0 Å². The van der Waals surface area contributed by atoms with Crippen LogP contribution in [0.15, 0.2) is 23.1 Å². The second-order valence-corrected chi connectivity index (χ2v) is 2.35. The Morgan fingerprint density at radius 3 is 2.00 bits per heavy atom. The van der Waals surface area contributed by atoms with Gasteiger partial charge in [0.1, 0.15) is 11.6 Å². The molecule has 0 heterocycles. The fourth-order valence-corrected chi connectivity index (χ4v) is 0.912. The van der Waals surface area contributed by atoms with Crippen molar-refractivity contribution in [2.75, 3.05) is 0 Å². The zero-order chi connectivity index (χ0) is 7.56. The van der Waals surface area contributed by atoms with E-state index in [0.717, 1.165) is 18.2 Å². The Bertz CT molecular complexity index is 219. The minimum atomic E-state index is -0.684. The Labute approximate surface area is 60.9 Å². The van der Waals surface area contributed by atoms with Crippen LogP contribution in [0, 0.1) is 11.6 Å². The Balaban J connectivity index is 3.06. The molecule has 54 valence electrons. The summed E-state index contributed by atoms with van der Waals surface area (Å²) >= 11 is 0.317. The third kappa shape index (κ3) is 1.68. The summed E-state index contributed by atoms with van der Waals surface area (Å²) in [5.41, 5.74) is 0. The molecule has 1 rings (SSSR count). The molecule has 10 heavy (non-hydrogen) atoms. The van der Waals surface area contributed by atoms with E-state index in [1.807, 2.05) is 0 Å². The monoisotopic (exact) mass is 162 g/mol. The predicted molar refractivity (Wildman–Crippen MR) is 34.8 cm³/mol. The van der Waals surface area contributed by atoms with E-state index >= 15 is 0 Å². The molecule has 0 aliphatic rings. The molecule has 1 aromatic rings. The first-order valence-corrected chi connectivity index (χ1v) is 3.27. The summed E-state index contributed by atoms with van der Waals surface area (Å²) in [5, 5.41) is 0. The van der Waals surface area contributed by atoms with E-state index in [-0.39, 0.29) is 4.90 Å². The van der Waals surface area contributed by atoms with Gasteiger partial charge in [0.05, 0.1) is 0 Å². The molecular formula is C6H4F2OS. The fraction of sp³-hybridized carbons (Fsp3) is 0. The van der Waals surface area contributed by atoms with Crippen LogP contribution in [-0.2, 0) is 0 Å². The molecule has 0 spiro atoms. The van der Waals surface area contributed by atoms with Crippen molar-refractivity contribution in [1.29, 1.82) is 0 Å². The lowest BCUT2D eigenvalue weighted by Gasteiger charge is -1.93. The van der Waals surface area contributed by atoms with E-state index in [0.29, 0.717) is 12.0 Å². The van der Waals surface area contributed by atoms with E-state index in [9.17, 15) is 8.78 Å². The molecule has 1 N–H and O–H groups in total. The van der Waals surface area contributed by atoms with Crippen LogP contribution in [0.25, 0.3) is 0 Å². The summed E-state index contributed by atoms with van der Waals surface area (Å²) < 4.78 is 32.9. The molecule has 0 aliphatic carbocycles. The summed E-state index contributed by atoms with van der Waals surface area (Å²) in [6.45, 7) is 0. The van der Waals surface area contributed by atoms with Crippen molar-refractivity contribution in [3.63, 3.8) is 0 Å². The van der Waals surface area contributed by atoms with Gasteiger partial charge in [0.15, 0.2) is 0 Å². The largest absolute Gasteiger partial charge is 0.325 e. The van der Waals surface area contributed by atoms with Crippen LogP contribution in [-0.4, -0.2) is 4.55 Å². The number of hydrogen-bond donors (Lipinski definition) is 1. The Hall–Kier alpha value is -0.610. The maximum Gasteiger partial charge on any atom is 0.127 e. The zero-order valence-electron chi connectivity index (χ0n) is 4.84. The Morgan fingerprint density at radius 2 is 1.60 bits per heavy atom. The van der Waals surface area contributed by atoms with Gasteiger partial charge in [-0.25, -0.2) is 8.78 Å². The number of rotatable bonds is 1. The number of benzene rings is 1. The molecule has 0 aromatic heterocycles. The molecule has 0 saturated carbocycles. The first-order chi connectivity index (χ1) is 4.72. The van der Waals surface area contributed by atoms with Crippen LogP contribution < -0.4 is 0 Å². The van der Waals surface area contributed by atoms with Gasteiger partial charge in [0.25, 0.3) is 0 Å². The second-order valence-electron chi connectivity index (χ2n) is 1.70. The van der Waals surface area contributed by atoms with Gasteiger partial charge in [-0.1, -0.05) is 0 Å². The third-order valence-corrected chi connectivity index (χ3v) is 1.39. The molecule has 0 aliphatic heterocycles. The van der Waals surface area contributed by atoms with E-state index in [1.54, 1.807) is 0 Å². The normalized spacial score (nSPS) is 9.90. The summed E-state index contributed by atoms with van der Waals surface area (Å²) in [4.78, 5) is 0.164. The van der Waals surface area contributed by atoms with Crippen molar-refractivity contribution in [3.8, 4) is 0 Å². The highest BCUT2D eigenvalue weighted by atomic mass is 32.2. The van der Waals surface area contributed by atoms with E-state index in [2.05, 4.69) is 0 Å². The molecule has 0 radical (unpaired) electrons. The van der Waals surface area contributed by atoms with Crippen molar-refractivity contribution in [1.82, 2.24) is 0 Å². The zero-order valence-corrected chi connectivity index (χ0v) is 5.66.